The highest BCUT2D eigenvalue weighted by Gasteiger charge is 1.70. The average molecular weight is 124 g/mol. The van der Waals surface area contributed by atoms with Crippen LogP contribution in [0.4, 0.5) is 0 Å². The Morgan fingerprint density at radius 1 is 1.44 bits per heavy atom. The molecular weight excluding hydrogens is 112 g/mol. The number of hydrogen-bond donors (Lipinski definition) is 1. The third-order valence-electron chi connectivity index (χ3n) is 0.812. The second-order valence-corrected chi connectivity index (χ2v) is 1.55. The van der Waals surface area contributed by atoms with Gasteiger partial charge >= 0.3 is 0 Å². The fourth-order valence-corrected chi connectivity index (χ4v) is 0.405. The molecule has 0 aliphatic rings. The smallest absolute Gasteiger partial charge is 0.0416 e. The zero-order valence-electron chi connectivity index (χ0n) is 5.46. The fourth-order valence-electron chi connectivity index (χ4n) is 0.405. The highest BCUT2D eigenvalue weighted by molar-refractivity contribution is 5.23. The van der Waals surface area contributed by atoms with Crippen LogP contribution >= 0.6 is 0 Å². The lowest BCUT2D eigenvalue weighted by molar-refractivity contribution is 1.02. The van der Waals surface area contributed by atoms with Crippen molar-refractivity contribution in [1.29, 1.82) is 0 Å². The first-order chi connectivity index (χ1) is 4.41. The zero-order valence-corrected chi connectivity index (χ0v) is 5.46. The number of allylic oxidation sites excluding steroid dienone is 2. The van der Waals surface area contributed by atoms with Crippen LogP contribution in [0.15, 0.2) is 29.4 Å². The molecule has 0 aliphatic carbocycles. The maximum atomic E-state index is 5.08. The molecule has 0 aromatic carbocycles. The maximum Gasteiger partial charge on any atom is 0.0416 e. The maximum absolute atomic E-state index is 5.08. The first kappa shape index (κ1) is 7.95. The van der Waals surface area contributed by atoms with Crippen LogP contribution in [0.5, 0.6) is 0 Å². The van der Waals surface area contributed by atoms with E-state index in [1.165, 1.54) is 6.20 Å². The van der Waals surface area contributed by atoms with E-state index in [1.54, 1.807) is 6.08 Å². The van der Waals surface area contributed by atoms with Crippen LogP contribution < -0.4 is 5.73 Å². The van der Waals surface area contributed by atoms with Gasteiger partial charge in [0.1, 0.15) is 0 Å². The predicted molar refractivity (Wildman–Crippen MR) is 41.5 cm³/mol. The van der Waals surface area contributed by atoms with E-state index in [2.05, 4.69) is 11.7 Å². The number of nitrogens with two attached hydrogens (primary N) is 1. The van der Waals surface area contributed by atoms with Gasteiger partial charge < -0.3 is 10.7 Å². The summed E-state index contributed by atoms with van der Waals surface area (Å²) in [4.78, 5) is 3.68. The van der Waals surface area contributed by atoms with Gasteiger partial charge in [0.05, 0.1) is 0 Å². The van der Waals surface area contributed by atoms with Crippen molar-refractivity contribution in [2.75, 3.05) is 6.54 Å². The van der Waals surface area contributed by atoms with Crippen LogP contribution in [0.25, 0.3) is 0 Å². The fraction of sp³-hybridized carbons (Fsp3) is 0.286. The second-order valence-electron chi connectivity index (χ2n) is 1.55. The Morgan fingerprint density at radius 2 is 2.22 bits per heavy atom. The molecule has 0 aliphatic heterocycles. The van der Waals surface area contributed by atoms with Gasteiger partial charge in [-0.2, -0.15) is 0 Å². The highest BCUT2D eigenvalue weighted by atomic mass is 14.7. The third-order valence-corrected chi connectivity index (χ3v) is 0.812. The Labute approximate surface area is 55.8 Å². The summed E-state index contributed by atoms with van der Waals surface area (Å²) in [6, 6.07) is 0. The lowest BCUT2D eigenvalue weighted by atomic mass is 10.4. The molecule has 0 heterocycles. The van der Waals surface area contributed by atoms with Crippen molar-refractivity contribution >= 4 is 6.72 Å². The molecule has 0 rings (SSSR count). The Balaban J connectivity index is 3.14. The molecule has 0 fully saturated rings. The SMILES string of the molecule is C=NCC/C=C\C=C/N. The van der Waals surface area contributed by atoms with Crippen LogP contribution in [0.3, 0.4) is 0 Å². The number of rotatable bonds is 4. The molecule has 0 bridgehead atoms. The molecule has 2 nitrogen and oxygen atoms in total. The molecule has 0 aromatic heterocycles. The molecule has 9 heavy (non-hydrogen) atoms. The molecule has 0 unspecified atom stereocenters. The summed E-state index contributed by atoms with van der Waals surface area (Å²) in [5, 5.41) is 0. The Hall–Kier alpha value is -1.05. The molecule has 0 saturated carbocycles. The molecule has 0 spiro atoms. The molecule has 50 valence electrons. The van der Waals surface area contributed by atoms with Crippen molar-refractivity contribution in [1.82, 2.24) is 0 Å². The van der Waals surface area contributed by atoms with Gasteiger partial charge in [-0.05, 0) is 25.4 Å². The van der Waals surface area contributed by atoms with E-state index in [-0.39, 0.29) is 0 Å². The second kappa shape index (κ2) is 6.95. The van der Waals surface area contributed by atoms with E-state index in [1.807, 2.05) is 12.2 Å². The number of nitrogens with zero attached hydrogens (tertiary/aromatic N) is 1. The normalized spacial score (nSPS) is 11.1. The number of hydrogen-bond acceptors (Lipinski definition) is 2. The van der Waals surface area contributed by atoms with Crippen LogP contribution in [0, 0.1) is 0 Å². The predicted octanol–water partition coefficient (Wildman–Crippen LogP) is 1.11. The van der Waals surface area contributed by atoms with Gasteiger partial charge in [0.25, 0.3) is 0 Å². The van der Waals surface area contributed by atoms with Gasteiger partial charge in [0.2, 0.25) is 0 Å². The van der Waals surface area contributed by atoms with E-state index in [0.717, 1.165) is 13.0 Å². The van der Waals surface area contributed by atoms with Gasteiger partial charge in [-0.1, -0.05) is 12.2 Å². The van der Waals surface area contributed by atoms with Crippen LogP contribution in [0.2, 0.25) is 0 Å². The van der Waals surface area contributed by atoms with Crippen molar-refractivity contribution in [3.8, 4) is 0 Å². The Morgan fingerprint density at radius 3 is 2.78 bits per heavy atom. The van der Waals surface area contributed by atoms with E-state index >= 15 is 0 Å². The lowest BCUT2D eigenvalue weighted by Crippen LogP contribution is -1.74. The summed E-state index contributed by atoms with van der Waals surface area (Å²) >= 11 is 0. The summed E-state index contributed by atoms with van der Waals surface area (Å²) in [5.74, 6) is 0. The van der Waals surface area contributed by atoms with Crippen molar-refractivity contribution in [2.24, 2.45) is 10.7 Å². The molecule has 2 heteroatoms. The van der Waals surface area contributed by atoms with Gasteiger partial charge in [0, 0.05) is 6.54 Å². The topological polar surface area (TPSA) is 38.4 Å². The van der Waals surface area contributed by atoms with Crippen LogP contribution in [-0.2, 0) is 0 Å². The minimum Gasteiger partial charge on any atom is -0.405 e. The quantitative estimate of drug-likeness (QED) is 0.340. The van der Waals surface area contributed by atoms with E-state index in [0.29, 0.717) is 0 Å². The molecule has 0 amide bonds. The largest absolute Gasteiger partial charge is 0.405 e. The monoisotopic (exact) mass is 124 g/mol. The Kier molecular flexibility index (Phi) is 6.14. The van der Waals surface area contributed by atoms with Gasteiger partial charge in [-0.3, -0.25) is 0 Å². The molecule has 0 aromatic rings. The summed E-state index contributed by atoms with van der Waals surface area (Å²) in [7, 11) is 0. The molecule has 0 radical (unpaired) electrons. The van der Waals surface area contributed by atoms with E-state index in [9.17, 15) is 0 Å². The van der Waals surface area contributed by atoms with E-state index in [4.69, 9.17) is 5.73 Å². The highest BCUT2D eigenvalue weighted by Crippen LogP contribution is 1.82. The van der Waals surface area contributed by atoms with Crippen molar-refractivity contribution in [2.45, 2.75) is 6.42 Å². The standard InChI is InChI=1S/C7H12N2/c1-9-7-5-3-2-4-6-8/h2-4,6H,1,5,7-8H2/b3-2-,6-4-. The summed E-state index contributed by atoms with van der Waals surface area (Å²) in [6.07, 6.45) is 8.11. The number of aliphatic imine (C=N–C) groups is 1. The summed E-state index contributed by atoms with van der Waals surface area (Å²) < 4.78 is 0. The van der Waals surface area contributed by atoms with E-state index < -0.39 is 0 Å². The molecule has 0 saturated heterocycles. The molecule has 0 atom stereocenters. The van der Waals surface area contributed by atoms with Gasteiger partial charge in [0.15, 0.2) is 0 Å². The van der Waals surface area contributed by atoms with Crippen molar-refractivity contribution < 1.29 is 0 Å². The zero-order chi connectivity index (χ0) is 6.95. The van der Waals surface area contributed by atoms with Gasteiger partial charge in [-0.15, -0.1) is 0 Å². The van der Waals surface area contributed by atoms with Crippen molar-refractivity contribution in [3.63, 3.8) is 0 Å². The first-order valence-electron chi connectivity index (χ1n) is 2.87. The summed E-state index contributed by atoms with van der Waals surface area (Å²) in [6.45, 7) is 4.14. The van der Waals surface area contributed by atoms with Gasteiger partial charge in [-0.25, -0.2) is 0 Å². The average Bonchev–Trinajstić information content (AvgIpc) is 1.89. The molecule has 2 N–H and O–H groups in total. The summed E-state index contributed by atoms with van der Waals surface area (Å²) in [5.41, 5.74) is 5.08. The van der Waals surface area contributed by atoms with Crippen LogP contribution in [-0.4, -0.2) is 13.3 Å². The first-order valence-corrected chi connectivity index (χ1v) is 2.87. The Bertz CT molecular complexity index is 114. The van der Waals surface area contributed by atoms with Crippen molar-refractivity contribution in [3.05, 3.63) is 24.4 Å². The lowest BCUT2D eigenvalue weighted by Gasteiger charge is -1.81. The minimum atomic E-state index is 0.787. The third kappa shape index (κ3) is 6.95. The molecular formula is C7H12N2. The minimum absolute atomic E-state index is 0.787. The van der Waals surface area contributed by atoms with Crippen LogP contribution in [0.1, 0.15) is 6.42 Å².